The summed E-state index contributed by atoms with van der Waals surface area (Å²) in [7, 11) is 0. The molecule has 2 fully saturated rings. The summed E-state index contributed by atoms with van der Waals surface area (Å²) in [6.45, 7) is 0.962. The maximum atomic E-state index is 11.9. The zero-order chi connectivity index (χ0) is 29.6. The van der Waals surface area contributed by atoms with Crippen LogP contribution in [0.5, 0.6) is 17.2 Å². The van der Waals surface area contributed by atoms with E-state index in [9.17, 15) is 45.6 Å². The predicted molar refractivity (Wildman–Crippen MR) is 143 cm³/mol. The lowest BCUT2D eigenvalue weighted by atomic mass is 9.98. The summed E-state index contributed by atoms with van der Waals surface area (Å²) in [6.07, 6.45) is -15.0. The van der Waals surface area contributed by atoms with Gasteiger partial charge >= 0.3 is 0 Å². The first-order valence-electron chi connectivity index (χ1n) is 12.7. The molecule has 10 atom stereocenters. The van der Waals surface area contributed by atoms with Crippen molar-refractivity contribution in [3.8, 4) is 39.9 Å². The number of aliphatic hydroxyl groups excluding tert-OH is 6. The number of hydrogen-bond donors (Lipinski definition) is 8. The molecule has 0 bridgehead atoms. The van der Waals surface area contributed by atoms with Crippen molar-refractivity contribution in [1.29, 1.82) is 0 Å². The van der Waals surface area contributed by atoms with E-state index in [0.717, 1.165) is 12.1 Å². The van der Waals surface area contributed by atoms with Crippen molar-refractivity contribution in [2.75, 3.05) is 6.61 Å². The van der Waals surface area contributed by atoms with Crippen LogP contribution in [0.15, 0.2) is 51.7 Å². The lowest BCUT2D eigenvalue weighted by Gasteiger charge is -2.42. The normalized spacial score (nSPS) is 33.2. The lowest BCUT2D eigenvalue weighted by Crippen LogP contribution is -2.61. The van der Waals surface area contributed by atoms with Crippen molar-refractivity contribution in [1.82, 2.24) is 0 Å². The minimum Gasteiger partial charge on any atom is -0.508 e. The number of hydrogen-bond acceptors (Lipinski definition) is 14. The Hall–Kier alpha value is -3.02. The van der Waals surface area contributed by atoms with E-state index in [-0.39, 0.29) is 41.0 Å². The molecule has 0 spiro atoms. The fraction of sp³-hybridized carbons (Fsp3) is 0.444. The van der Waals surface area contributed by atoms with Gasteiger partial charge in [-0.1, -0.05) is 0 Å². The van der Waals surface area contributed by atoms with E-state index in [1.807, 2.05) is 0 Å². The molecule has 0 amide bonds. The van der Waals surface area contributed by atoms with E-state index < -0.39 is 79.2 Å². The van der Waals surface area contributed by atoms with Crippen LogP contribution in [-0.2, 0) is 14.2 Å². The SMILES string of the molecule is C[C@@H]1O[C@@H](OC[C@H]2O[C@@H](Oc3cc4c(O)cc(=O)cc-4oc3-c3ccc(O)cc3)[C@H](O)[C@@H](O)[C@@H]2O)[C@H](O)[C@H](O)[C@H]1O.Cl. The number of benzene rings is 2. The van der Waals surface area contributed by atoms with Crippen LogP contribution >= 0.6 is 12.4 Å². The summed E-state index contributed by atoms with van der Waals surface area (Å²) in [4.78, 5) is 11.9. The molecule has 5 rings (SSSR count). The second-order valence-corrected chi connectivity index (χ2v) is 9.99. The molecule has 2 saturated heterocycles. The Morgan fingerprint density at radius 2 is 1.43 bits per heavy atom. The number of rotatable bonds is 6. The molecule has 42 heavy (non-hydrogen) atoms. The summed E-state index contributed by atoms with van der Waals surface area (Å²) >= 11 is 0. The molecule has 4 aliphatic rings. The number of aromatic hydroxyl groups is 2. The number of aliphatic hydroxyl groups is 6. The molecule has 14 nitrogen and oxygen atoms in total. The van der Waals surface area contributed by atoms with Gasteiger partial charge in [0.15, 0.2) is 23.2 Å². The van der Waals surface area contributed by atoms with Gasteiger partial charge in [0.25, 0.3) is 0 Å². The summed E-state index contributed by atoms with van der Waals surface area (Å²) in [6, 6.07) is 9.18. The van der Waals surface area contributed by atoms with Gasteiger partial charge in [-0.2, -0.15) is 0 Å². The molecular weight excluding hydrogens is 584 g/mol. The van der Waals surface area contributed by atoms with Gasteiger partial charge < -0.3 is 64.2 Å². The predicted octanol–water partition coefficient (Wildman–Crippen LogP) is -0.725. The summed E-state index contributed by atoms with van der Waals surface area (Å²) < 4.78 is 28.3. The van der Waals surface area contributed by atoms with E-state index in [1.54, 1.807) is 0 Å². The molecule has 0 saturated carbocycles. The van der Waals surface area contributed by atoms with Crippen LogP contribution in [0, 0.1) is 0 Å². The highest BCUT2D eigenvalue weighted by Gasteiger charge is 2.47. The molecule has 3 aliphatic heterocycles. The van der Waals surface area contributed by atoms with Gasteiger partial charge in [0, 0.05) is 17.7 Å². The lowest BCUT2D eigenvalue weighted by molar-refractivity contribution is -0.318. The number of phenols is 2. The highest BCUT2D eigenvalue weighted by molar-refractivity contribution is 5.85. The van der Waals surface area contributed by atoms with E-state index >= 15 is 0 Å². The number of phenolic OH excluding ortho intramolecular Hbond substituents is 2. The van der Waals surface area contributed by atoms with Crippen molar-refractivity contribution in [2.45, 2.75) is 68.3 Å². The Labute approximate surface area is 244 Å². The molecule has 3 heterocycles. The van der Waals surface area contributed by atoms with Crippen LogP contribution in [0.3, 0.4) is 0 Å². The van der Waals surface area contributed by atoms with Crippen molar-refractivity contribution >= 4 is 12.4 Å². The standard InChI is InChI=1S/C27H30O14.ClH/c1-10-19(31)21(33)23(35)26(38-10)37-9-18-20(32)22(34)24(36)27(41-18)40-17-8-14-15(30)6-13(29)7-16(14)39-25(17)11-2-4-12(28)5-3-11;/h2-8,10,18-24,26-28,30-36H,9H2,1H3;1H/t10-,18+,19-,20+,21+,22-,23+,24+,26+,27+;/m0./s1. The van der Waals surface area contributed by atoms with Crippen LogP contribution in [0.4, 0.5) is 0 Å². The zero-order valence-corrected chi connectivity index (χ0v) is 22.8. The Morgan fingerprint density at radius 1 is 0.786 bits per heavy atom. The molecule has 1 aliphatic carbocycles. The topological polar surface area (TPSA) is 229 Å². The third-order valence-electron chi connectivity index (χ3n) is 7.08. The average molecular weight is 615 g/mol. The van der Waals surface area contributed by atoms with Crippen molar-refractivity contribution in [3.63, 3.8) is 0 Å². The highest BCUT2D eigenvalue weighted by Crippen LogP contribution is 2.41. The molecule has 1 aromatic carbocycles. The van der Waals surface area contributed by atoms with E-state index in [4.69, 9.17) is 23.4 Å². The molecule has 0 aromatic heterocycles. The highest BCUT2D eigenvalue weighted by atomic mass is 35.5. The Bertz CT molecular complexity index is 1380. The van der Waals surface area contributed by atoms with Gasteiger partial charge in [-0.05, 0) is 37.3 Å². The van der Waals surface area contributed by atoms with Gasteiger partial charge in [-0.3, -0.25) is 4.79 Å². The molecule has 230 valence electrons. The first-order valence-corrected chi connectivity index (χ1v) is 12.7. The Morgan fingerprint density at radius 3 is 2.12 bits per heavy atom. The van der Waals surface area contributed by atoms with Gasteiger partial charge in [-0.15, -0.1) is 12.4 Å². The van der Waals surface area contributed by atoms with Crippen molar-refractivity contribution in [2.24, 2.45) is 0 Å². The summed E-state index contributed by atoms with van der Waals surface area (Å²) in [5.74, 6) is -0.498. The number of halogens is 1. The third-order valence-corrected chi connectivity index (χ3v) is 7.08. The molecule has 0 radical (unpaired) electrons. The number of fused-ring (bicyclic) bond motifs is 1. The minimum atomic E-state index is -1.78. The summed E-state index contributed by atoms with van der Waals surface area (Å²) in [5.41, 5.74) is -0.0516. The van der Waals surface area contributed by atoms with E-state index in [0.29, 0.717) is 5.56 Å². The number of ether oxygens (including phenoxy) is 4. The largest absolute Gasteiger partial charge is 0.508 e. The fourth-order valence-electron chi connectivity index (χ4n) is 4.69. The van der Waals surface area contributed by atoms with Crippen LogP contribution in [-0.4, -0.2) is 109 Å². The smallest absolute Gasteiger partial charge is 0.229 e. The zero-order valence-electron chi connectivity index (χ0n) is 22.0. The van der Waals surface area contributed by atoms with Gasteiger partial charge in [0.2, 0.25) is 6.29 Å². The molecular formula is C27H31ClO14. The first-order chi connectivity index (χ1) is 19.4. The monoisotopic (exact) mass is 614 g/mol. The average Bonchev–Trinajstić information content (AvgIpc) is 2.94. The quantitative estimate of drug-likeness (QED) is 0.171. The molecule has 8 N–H and O–H groups in total. The first kappa shape index (κ1) is 31.9. The fourth-order valence-corrected chi connectivity index (χ4v) is 4.69. The molecule has 1 aromatic rings. The van der Waals surface area contributed by atoms with E-state index in [2.05, 4.69) is 0 Å². The van der Waals surface area contributed by atoms with Crippen LogP contribution in [0.1, 0.15) is 6.92 Å². The van der Waals surface area contributed by atoms with Gasteiger partial charge in [0.05, 0.1) is 18.3 Å². The summed E-state index contributed by atoms with van der Waals surface area (Å²) in [5, 5.41) is 81.8. The van der Waals surface area contributed by atoms with Gasteiger partial charge in [-0.25, -0.2) is 0 Å². The second kappa shape index (κ2) is 12.7. The second-order valence-electron chi connectivity index (χ2n) is 9.99. The molecule has 15 heteroatoms. The minimum absolute atomic E-state index is 0. The van der Waals surface area contributed by atoms with Crippen molar-refractivity contribution in [3.05, 3.63) is 52.7 Å². The maximum Gasteiger partial charge on any atom is 0.229 e. The Kier molecular flexibility index (Phi) is 9.64. The maximum absolute atomic E-state index is 11.9. The third kappa shape index (κ3) is 6.18. The van der Waals surface area contributed by atoms with Gasteiger partial charge in [0.1, 0.15) is 60.0 Å². The van der Waals surface area contributed by atoms with Crippen molar-refractivity contribution < 1.29 is 64.2 Å². The van der Waals surface area contributed by atoms with Crippen LogP contribution in [0.25, 0.3) is 22.6 Å². The van der Waals surface area contributed by atoms with Crippen LogP contribution in [0.2, 0.25) is 0 Å². The van der Waals surface area contributed by atoms with E-state index in [1.165, 1.54) is 37.3 Å². The van der Waals surface area contributed by atoms with Crippen LogP contribution < -0.4 is 10.2 Å². The Balaban J connectivity index is 0.00000405. The molecule has 0 unspecified atom stereocenters.